The average molecular weight is 380 g/mol. The SMILES string of the molecule is O=C(C[C@H]1[NH2+][C@H]2CCCC[C@H]2NC1=O)Nc1ccc(Oc2ccccc2)cc1. The second-order valence-electron chi connectivity index (χ2n) is 7.55. The maximum atomic E-state index is 12.4. The largest absolute Gasteiger partial charge is 0.457 e. The molecule has 0 spiro atoms. The third-order valence-corrected chi connectivity index (χ3v) is 5.49. The molecule has 4 rings (SSSR count). The zero-order chi connectivity index (χ0) is 19.3. The van der Waals surface area contributed by atoms with Gasteiger partial charge in [-0.2, -0.15) is 0 Å². The summed E-state index contributed by atoms with van der Waals surface area (Å²) in [5, 5.41) is 8.08. The van der Waals surface area contributed by atoms with Crippen molar-refractivity contribution >= 4 is 17.5 Å². The third kappa shape index (κ3) is 4.51. The lowest BCUT2D eigenvalue weighted by Crippen LogP contribution is -3.03. The number of hydrogen-bond acceptors (Lipinski definition) is 3. The van der Waals surface area contributed by atoms with Gasteiger partial charge in [0.05, 0.1) is 12.5 Å². The molecule has 2 fully saturated rings. The monoisotopic (exact) mass is 380 g/mol. The fraction of sp³-hybridized carbons (Fsp3) is 0.364. The number of amides is 2. The van der Waals surface area contributed by atoms with Crippen LogP contribution in [0.3, 0.4) is 0 Å². The molecule has 1 heterocycles. The molecule has 4 N–H and O–H groups in total. The highest BCUT2D eigenvalue weighted by Gasteiger charge is 2.40. The van der Waals surface area contributed by atoms with Crippen LogP contribution in [0.1, 0.15) is 32.1 Å². The van der Waals surface area contributed by atoms with Crippen molar-refractivity contribution in [3.05, 3.63) is 54.6 Å². The van der Waals surface area contributed by atoms with Crippen molar-refractivity contribution in [3.8, 4) is 11.5 Å². The summed E-state index contributed by atoms with van der Waals surface area (Å²) in [7, 11) is 0. The number of carbonyl (C=O) groups is 2. The van der Waals surface area contributed by atoms with Gasteiger partial charge in [0.1, 0.15) is 17.5 Å². The molecule has 0 bridgehead atoms. The molecule has 3 atom stereocenters. The number of carbonyl (C=O) groups excluding carboxylic acids is 2. The first-order valence-electron chi connectivity index (χ1n) is 9.95. The van der Waals surface area contributed by atoms with Crippen LogP contribution in [0.5, 0.6) is 11.5 Å². The van der Waals surface area contributed by atoms with Gasteiger partial charge < -0.3 is 20.7 Å². The van der Waals surface area contributed by atoms with E-state index in [4.69, 9.17) is 4.74 Å². The number of fused-ring (bicyclic) bond motifs is 1. The van der Waals surface area contributed by atoms with Crippen LogP contribution < -0.4 is 20.7 Å². The zero-order valence-corrected chi connectivity index (χ0v) is 15.8. The Kier molecular flexibility index (Phi) is 5.58. The van der Waals surface area contributed by atoms with E-state index in [0.717, 1.165) is 18.6 Å². The first-order valence-corrected chi connectivity index (χ1v) is 9.95. The Hall–Kier alpha value is -2.86. The van der Waals surface area contributed by atoms with Crippen LogP contribution in [0.15, 0.2) is 54.6 Å². The lowest BCUT2D eigenvalue weighted by molar-refractivity contribution is -0.718. The van der Waals surface area contributed by atoms with E-state index in [9.17, 15) is 9.59 Å². The van der Waals surface area contributed by atoms with Crippen molar-refractivity contribution in [2.75, 3.05) is 5.32 Å². The van der Waals surface area contributed by atoms with Crippen LogP contribution in [0.4, 0.5) is 5.69 Å². The molecular weight excluding hydrogens is 354 g/mol. The number of rotatable bonds is 5. The van der Waals surface area contributed by atoms with Crippen LogP contribution in [-0.2, 0) is 9.59 Å². The summed E-state index contributed by atoms with van der Waals surface area (Å²) in [6.07, 6.45) is 4.70. The molecule has 2 aliphatic rings. The normalized spacial score (nSPS) is 24.0. The second-order valence-corrected chi connectivity index (χ2v) is 7.55. The zero-order valence-electron chi connectivity index (χ0n) is 15.8. The van der Waals surface area contributed by atoms with Gasteiger partial charge in [-0.3, -0.25) is 9.59 Å². The summed E-state index contributed by atoms with van der Waals surface area (Å²) in [5.41, 5.74) is 0.692. The summed E-state index contributed by atoms with van der Waals surface area (Å²) < 4.78 is 5.75. The smallest absolute Gasteiger partial charge is 0.279 e. The molecule has 0 radical (unpaired) electrons. The Morgan fingerprint density at radius 2 is 1.75 bits per heavy atom. The lowest BCUT2D eigenvalue weighted by atomic mass is 9.87. The van der Waals surface area contributed by atoms with Crippen LogP contribution in [0, 0.1) is 0 Å². The number of anilines is 1. The first-order chi connectivity index (χ1) is 13.7. The highest BCUT2D eigenvalue weighted by molar-refractivity contribution is 5.95. The van der Waals surface area contributed by atoms with E-state index < -0.39 is 0 Å². The molecule has 1 aliphatic heterocycles. The van der Waals surface area contributed by atoms with E-state index in [2.05, 4.69) is 16.0 Å². The summed E-state index contributed by atoms with van der Waals surface area (Å²) in [5.74, 6) is 1.29. The van der Waals surface area contributed by atoms with Gasteiger partial charge >= 0.3 is 0 Å². The van der Waals surface area contributed by atoms with Gasteiger partial charge in [0.2, 0.25) is 5.91 Å². The molecule has 6 heteroatoms. The molecule has 1 saturated carbocycles. The molecule has 146 valence electrons. The van der Waals surface area contributed by atoms with Crippen molar-refractivity contribution in [1.29, 1.82) is 0 Å². The molecule has 6 nitrogen and oxygen atoms in total. The molecule has 2 aromatic rings. The molecule has 0 aromatic heterocycles. The second kappa shape index (κ2) is 8.44. The minimum Gasteiger partial charge on any atom is -0.457 e. The average Bonchev–Trinajstić information content (AvgIpc) is 2.71. The van der Waals surface area contributed by atoms with Crippen LogP contribution in [-0.4, -0.2) is 29.9 Å². The van der Waals surface area contributed by atoms with Crippen molar-refractivity contribution in [2.45, 2.75) is 50.2 Å². The Morgan fingerprint density at radius 1 is 1.04 bits per heavy atom. The maximum Gasteiger partial charge on any atom is 0.279 e. The number of piperazine rings is 1. The Morgan fingerprint density at radius 3 is 2.54 bits per heavy atom. The minimum absolute atomic E-state index is 0.0232. The van der Waals surface area contributed by atoms with Gasteiger partial charge in [0.15, 0.2) is 6.04 Å². The summed E-state index contributed by atoms with van der Waals surface area (Å²) in [4.78, 5) is 24.7. The van der Waals surface area contributed by atoms with Gasteiger partial charge in [-0.15, -0.1) is 0 Å². The number of hydrogen-bond donors (Lipinski definition) is 3. The van der Waals surface area contributed by atoms with Gasteiger partial charge in [0, 0.05) is 12.1 Å². The van der Waals surface area contributed by atoms with Crippen molar-refractivity contribution in [1.82, 2.24) is 5.32 Å². The highest BCUT2D eigenvalue weighted by atomic mass is 16.5. The van der Waals surface area contributed by atoms with Crippen LogP contribution >= 0.6 is 0 Å². The van der Waals surface area contributed by atoms with Gasteiger partial charge in [-0.1, -0.05) is 24.6 Å². The summed E-state index contributed by atoms with van der Waals surface area (Å²) in [6, 6.07) is 17.1. The van der Waals surface area contributed by atoms with Gasteiger partial charge in [-0.05, 0) is 49.2 Å². The molecule has 1 saturated heterocycles. The minimum atomic E-state index is -0.347. The molecule has 0 unspecified atom stereocenters. The number of para-hydroxylation sites is 1. The van der Waals surface area contributed by atoms with Crippen molar-refractivity contribution in [3.63, 3.8) is 0 Å². The molecular formula is C22H26N3O3+. The van der Waals surface area contributed by atoms with Gasteiger partial charge in [0.25, 0.3) is 5.91 Å². The van der Waals surface area contributed by atoms with E-state index in [1.165, 1.54) is 12.8 Å². The van der Waals surface area contributed by atoms with E-state index in [0.29, 0.717) is 17.5 Å². The lowest BCUT2D eigenvalue weighted by Gasteiger charge is -2.37. The number of nitrogens with two attached hydrogens (primary N) is 1. The third-order valence-electron chi connectivity index (χ3n) is 5.49. The van der Waals surface area contributed by atoms with Crippen molar-refractivity contribution in [2.24, 2.45) is 0 Å². The number of ether oxygens (including phenoxy) is 1. The molecule has 28 heavy (non-hydrogen) atoms. The molecule has 1 aliphatic carbocycles. The van der Waals surface area contributed by atoms with E-state index >= 15 is 0 Å². The Balaban J connectivity index is 1.30. The first kappa shape index (κ1) is 18.5. The number of nitrogens with one attached hydrogen (secondary N) is 2. The van der Waals surface area contributed by atoms with Crippen LogP contribution in [0.25, 0.3) is 0 Å². The topological polar surface area (TPSA) is 84.0 Å². The number of benzene rings is 2. The quantitative estimate of drug-likeness (QED) is 0.743. The van der Waals surface area contributed by atoms with Gasteiger partial charge in [-0.25, -0.2) is 0 Å². The number of quaternary nitrogens is 1. The standard InChI is InChI=1S/C22H25N3O3/c26-21(14-20-22(27)25-19-9-5-4-8-18(19)24-20)23-15-10-12-17(13-11-15)28-16-6-2-1-3-7-16/h1-3,6-7,10-13,18-20,24H,4-5,8-9,14H2,(H,23,26)(H,25,27)/p+1/t18-,19+,20+/m0/s1. The summed E-state index contributed by atoms with van der Waals surface area (Å²) >= 11 is 0. The maximum absolute atomic E-state index is 12.4. The predicted molar refractivity (Wildman–Crippen MR) is 106 cm³/mol. The fourth-order valence-electron chi connectivity index (χ4n) is 4.05. The Labute approximate surface area is 164 Å². The van der Waals surface area contributed by atoms with E-state index in [-0.39, 0.29) is 30.3 Å². The Bertz CT molecular complexity index is 823. The van der Waals surface area contributed by atoms with Crippen LogP contribution in [0.2, 0.25) is 0 Å². The van der Waals surface area contributed by atoms with Crippen molar-refractivity contribution < 1.29 is 19.6 Å². The predicted octanol–water partition coefficient (Wildman–Crippen LogP) is 2.18. The molecule has 2 aromatic carbocycles. The molecule has 2 amide bonds. The van der Waals surface area contributed by atoms with E-state index in [1.54, 1.807) is 12.1 Å². The highest BCUT2D eigenvalue weighted by Crippen LogP contribution is 2.23. The summed E-state index contributed by atoms with van der Waals surface area (Å²) in [6.45, 7) is 0. The fourth-order valence-corrected chi connectivity index (χ4v) is 4.05. The van der Waals surface area contributed by atoms with E-state index in [1.807, 2.05) is 42.5 Å².